The predicted molar refractivity (Wildman–Crippen MR) is 92.5 cm³/mol. The number of amides is 1. The molecule has 2 aromatic rings. The van der Waals surface area contributed by atoms with Gasteiger partial charge in [0.1, 0.15) is 17.8 Å². The second-order valence-corrected chi connectivity index (χ2v) is 6.13. The number of hydrogen-bond donors (Lipinski definition) is 2. The van der Waals surface area contributed by atoms with E-state index in [1.54, 1.807) is 6.07 Å². The molecule has 1 aliphatic rings. The Morgan fingerprint density at radius 1 is 1.21 bits per heavy atom. The van der Waals surface area contributed by atoms with Crippen LogP contribution in [0.5, 0.6) is 0 Å². The molecule has 24 heavy (non-hydrogen) atoms. The lowest BCUT2D eigenvalue weighted by Gasteiger charge is -2.11. The molecule has 2 N–H and O–H groups in total. The van der Waals surface area contributed by atoms with Gasteiger partial charge in [0.15, 0.2) is 0 Å². The number of nitrogens with one attached hydrogen (secondary N) is 2. The number of aryl methyl sites for hydroxylation is 2. The van der Waals surface area contributed by atoms with Gasteiger partial charge in [-0.25, -0.2) is 9.97 Å². The summed E-state index contributed by atoms with van der Waals surface area (Å²) in [4.78, 5) is 20.5. The molecule has 1 aromatic heterocycles. The highest BCUT2D eigenvalue weighted by Gasteiger charge is 2.17. The number of nitrogens with zero attached hydrogens (tertiary/aromatic N) is 2. The molecule has 0 spiro atoms. The van der Waals surface area contributed by atoms with Gasteiger partial charge in [-0.05, 0) is 49.9 Å². The zero-order valence-corrected chi connectivity index (χ0v) is 14.0. The summed E-state index contributed by atoms with van der Waals surface area (Å²) in [7, 11) is 0. The first-order valence-corrected chi connectivity index (χ1v) is 8.17. The highest BCUT2D eigenvalue weighted by Crippen LogP contribution is 2.18. The highest BCUT2D eigenvalue weighted by molar-refractivity contribution is 5.93. The average Bonchev–Trinajstić information content (AvgIpc) is 3.05. The first kappa shape index (κ1) is 16.4. The zero-order chi connectivity index (χ0) is 16.9. The van der Waals surface area contributed by atoms with Crippen molar-refractivity contribution in [3.8, 4) is 0 Å². The fraction of sp³-hybridized carbons (Fsp3) is 0.389. The number of carbonyl (C=O) groups excluding carboxylic acids is 1. The number of ether oxygens (including phenoxy) is 1. The van der Waals surface area contributed by atoms with Crippen molar-refractivity contribution in [1.29, 1.82) is 0 Å². The summed E-state index contributed by atoms with van der Waals surface area (Å²) in [5, 5.41) is 6.09. The van der Waals surface area contributed by atoms with E-state index in [-0.39, 0.29) is 12.0 Å². The molecule has 0 bridgehead atoms. The summed E-state index contributed by atoms with van der Waals surface area (Å²) >= 11 is 0. The third kappa shape index (κ3) is 4.29. The summed E-state index contributed by atoms with van der Waals surface area (Å²) in [6.45, 7) is 5.38. The highest BCUT2D eigenvalue weighted by atomic mass is 16.5. The largest absolute Gasteiger partial charge is 0.376 e. The maximum Gasteiger partial charge on any atom is 0.270 e. The average molecular weight is 326 g/mol. The summed E-state index contributed by atoms with van der Waals surface area (Å²) in [5.41, 5.74) is 3.62. The van der Waals surface area contributed by atoms with Gasteiger partial charge in [-0.1, -0.05) is 6.07 Å². The van der Waals surface area contributed by atoms with Crippen molar-refractivity contribution in [2.45, 2.75) is 32.8 Å². The summed E-state index contributed by atoms with van der Waals surface area (Å²) < 4.78 is 5.50. The van der Waals surface area contributed by atoms with Crippen molar-refractivity contribution in [2.24, 2.45) is 0 Å². The van der Waals surface area contributed by atoms with Crippen LogP contribution in [0.25, 0.3) is 0 Å². The number of hydrogen-bond acceptors (Lipinski definition) is 5. The van der Waals surface area contributed by atoms with E-state index in [9.17, 15) is 4.79 Å². The molecule has 6 heteroatoms. The second-order valence-electron chi connectivity index (χ2n) is 6.13. The lowest BCUT2D eigenvalue weighted by Crippen LogP contribution is -2.32. The van der Waals surface area contributed by atoms with Crippen molar-refractivity contribution in [1.82, 2.24) is 15.3 Å². The molecule has 1 saturated heterocycles. The van der Waals surface area contributed by atoms with Crippen LogP contribution in [0, 0.1) is 13.8 Å². The molecular weight excluding hydrogens is 304 g/mol. The van der Waals surface area contributed by atoms with E-state index in [4.69, 9.17) is 4.74 Å². The Labute approximate surface area is 141 Å². The van der Waals surface area contributed by atoms with Crippen LogP contribution in [0.15, 0.2) is 30.6 Å². The van der Waals surface area contributed by atoms with Crippen LogP contribution in [0.2, 0.25) is 0 Å². The fourth-order valence-corrected chi connectivity index (χ4v) is 2.85. The first-order valence-electron chi connectivity index (χ1n) is 8.17. The van der Waals surface area contributed by atoms with E-state index >= 15 is 0 Å². The second kappa shape index (κ2) is 7.40. The minimum Gasteiger partial charge on any atom is -0.376 e. The van der Waals surface area contributed by atoms with E-state index in [1.165, 1.54) is 17.5 Å². The molecular formula is C18H22N4O2. The summed E-state index contributed by atoms with van der Waals surface area (Å²) in [6.07, 6.45) is 3.55. The third-order valence-electron chi connectivity index (χ3n) is 3.91. The molecule has 1 unspecified atom stereocenters. The van der Waals surface area contributed by atoms with Gasteiger partial charge in [-0.2, -0.15) is 0 Å². The Morgan fingerprint density at radius 2 is 2.00 bits per heavy atom. The van der Waals surface area contributed by atoms with Gasteiger partial charge < -0.3 is 15.4 Å². The van der Waals surface area contributed by atoms with Gasteiger partial charge in [-0.3, -0.25) is 4.79 Å². The van der Waals surface area contributed by atoms with E-state index < -0.39 is 0 Å². The third-order valence-corrected chi connectivity index (χ3v) is 3.91. The van der Waals surface area contributed by atoms with Gasteiger partial charge in [0, 0.05) is 24.9 Å². The van der Waals surface area contributed by atoms with Crippen molar-refractivity contribution in [2.75, 3.05) is 18.5 Å². The Morgan fingerprint density at radius 3 is 2.71 bits per heavy atom. The number of benzene rings is 1. The SMILES string of the molecule is Cc1cc(C)cc(Nc2cc(C(=O)NCC3CCCO3)ncn2)c1. The molecule has 1 aromatic carbocycles. The lowest BCUT2D eigenvalue weighted by molar-refractivity contribution is 0.0853. The molecule has 2 heterocycles. The van der Waals surface area contributed by atoms with Crippen LogP contribution in [0.1, 0.15) is 34.5 Å². The van der Waals surface area contributed by atoms with E-state index in [0.717, 1.165) is 25.1 Å². The molecule has 3 rings (SSSR count). The number of anilines is 2. The van der Waals surface area contributed by atoms with Crippen LogP contribution < -0.4 is 10.6 Å². The Bertz CT molecular complexity index is 706. The molecule has 6 nitrogen and oxygen atoms in total. The fourth-order valence-electron chi connectivity index (χ4n) is 2.85. The smallest absolute Gasteiger partial charge is 0.270 e. The Balaban J connectivity index is 1.65. The Hall–Kier alpha value is -2.47. The minimum atomic E-state index is -0.212. The monoisotopic (exact) mass is 326 g/mol. The van der Waals surface area contributed by atoms with Gasteiger partial charge in [-0.15, -0.1) is 0 Å². The molecule has 0 saturated carbocycles. The van der Waals surface area contributed by atoms with Crippen molar-refractivity contribution < 1.29 is 9.53 Å². The molecule has 0 aliphatic carbocycles. The van der Waals surface area contributed by atoms with Crippen molar-refractivity contribution >= 4 is 17.4 Å². The lowest BCUT2D eigenvalue weighted by atomic mass is 10.1. The van der Waals surface area contributed by atoms with Crippen LogP contribution in [0.4, 0.5) is 11.5 Å². The van der Waals surface area contributed by atoms with E-state index in [2.05, 4.69) is 26.7 Å². The molecule has 1 fully saturated rings. The standard InChI is InChI=1S/C18H22N4O2/c1-12-6-13(2)8-14(7-12)22-17-9-16(20-11-21-17)18(23)19-10-15-4-3-5-24-15/h6-9,11,15H,3-5,10H2,1-2H3,(H,19,23)(H,20,21,22). The zero-order valence-electron chi connectivity index (χ0n) is 14.0. The molecule has 1 amide bonds. The minimum absolute atomic E-state index is 0.114. The number of rotatable bonds is 5. The van der Waals surface area contributed by atoms with Gasteiger partial charge in [0.2, 0.25) is 0 Å². The maximum atomic E-state index is 12.2. The molecule has 126 valence electrons. The normalized spacial score (nSPS) is 16.8. The van der Waals surface area contributed by atoms with Crippen LogP contribution in [-0.4, -0.2) is 35.1 Å². The molecule has 1 aliphatic heterocycles. The maximum absolute atomic E-state index is 12.2. The number of aromatic nitrogens is 2. The Kier molecular flexibility index (Phi) is 5.05. The van der Waals surface area contributed by atoms with E-state index in [1.807, 2.05) is 26.0 Å². The van der Waals surface area contributed by atoms with E-state index in [0.29, 0.717) is 18.1 Å². The summed E-state index contributed by atoms with van der Waals surface area (Å²) in [5.74, 6) is 0.383. The van der Waals surface area contributed by atoms with Crippen LogP contribution >= 0.6 is 0 Å². The topological polar surface area (TPSA) is 76.1 Å². The van der Waals surface area contributed by atoms with Crippen molar-refractivity contribution in [3.05, 3.63) is 47.4 Å². The quantitative estimate of drug-likeness (QED) is 0.883. The van der Waals surface area contributed by atoms with Crippen molar-refractivity contribution in [3.63, 3.8) is 0 Å². The predicted octanol–water partition coefficient (Wildman–Crippen LogP) is 2.75. The first-order chi connectivity index (χ1) is 11.6. The van der Waals surface area contributed by atoms with Gasteiger partial charge in [0.25, 0.3) is 5.91 Å². The van der Waals surface area contributed by atoms with Gasteiger partial charge in [0.05, 0.1) is 6.10 Å². The molecule has 0 radical (unpaired) electrons. The number of carbonyl (C=O) groups is 1. The van der Waals surface area contributed by atoms with Crippen LogP contribution in [0.3, 0.4) is 0 Å². The van der Waals surface area contributed by atoms with Gasteiger partial charge >= 0.3 is 0 Å². The summed E-state index contributed by atoms with van der Waals surface area (Å²) in [6, 6.07) is 7.83. The van der Waals surface area contributed by atoms with Crippen LogP contribution in [-0.2, 0) is 4.74 Å². The molecule has 1 atom stereocenters.